The maximum Gasteiger partial charge on any atom is 0.272 e. The lowest BCUT2D eigenvalue weighted by Gasteiger charge is -2.37. The summed E-state index contributed by atoms with van der Waals surface area (Å²) < 4.78 is 0. The Morgan fingerprint density at radius 3 is 2.35 bits per heavy atom. The number of hydrazone groups is 1. The quantitative estimate of drug-likeness (QED) is 0.513. The number of hydrogen-bond acceptors (Lipinski definition) is 7. The normalized spacial score (nSPS) is 18.0. The lowest BCUT2D eigenvalue weighted by atomic mass is 10.1. The number of aromatic nitrogens is 1. The van der Waals surface area contributed by atoms with E-state index in [1.165, 1.54) is 5.56 Å². The van der Waals surface area contributed by atoms with Crippen LogP contribution in [-0.2, 0) is 16.0 Å². The monoisotopic (exact) mass is 496 g/mol. The minimum atomic E-state index is -0.473. The van der Waals surface area contributed by atoms with Gasteiger partial charge in [0, 0.05) is 51.5 Å². The molecule has 0 spiro atoms. The van der Waals surface area contributed by atoms with Gasteiger partial charge in [-0.05, 0) is 55.3 Å². The number of pyridine rings is 1. The molecule has 37 heavy (non-hydrogen) atoms. The smallest absolute Gasteiger partial charge is 0.272 e. The van der Waals surface area contributed by atoms with Crippen LogP contribution in [0.4, 0.5) is 17.1 Å². The van der Waals surface area contributed by atoms with Gasteiger partial charge in [-0.3, -0.25) is 24.5 Å². The number of carbonyl (C=O) groups excluding carboxylic acids is 2. The molecule has 1 amide bonds. The molecule has 1 saturated heterocycles. The molecule has 2 aromatic carbocycles. The lowest BCUT2D eigenvalue weighted by Crippen LogP contribution is -2.47. The summed E-state index contributed by atoms with van der Waals surface area (Å²) in [5.74, 6) is -0.286. The zero-order valence-corrected chi connectivity index (χ0v) is 21.1. The summed E-state index contributed by atoms with van der Waals surface area (Å²) in [7, 11) is 0. The highest BCUT2D eigenvalue weighted by atomic mass is 16.2. The van der Waals surface area contributed by atoms with Gasteiger partial charge in [0.1, 0.15) is 11.8 Å². The molecule has 1 N–H and O–H groups in total. The third kappa shape index (κ3) is 5.86. The van der Waals surface area contributed by atoms with Gasteiger partial charge in [0.05, 0.1) is 17.1 Å². The SMILES string of the molecule is CC(=O)C1CC(C(=O)Nc2ccccc2N2CCN(CCc3ccncc3)CC2)=NN1c1ccccc1. The zero-order chi connectivity index (χ0) is 25.6. The minimum absolute atomic E-state index is 0.0161. The van der Waals surface area contributed by atoms with Crippen LogP contribution in [-0.4, -0.2) is 66.1 Å². The van der Waals surface area contributed by atoms with Crippen LogP contribution < -0.4 is 15.2 Å². The van der Waals surface area contributed by atoms with Crippen LogP contribution in [0.3, 0.4) is 0 Å². The Bertz CT molecular complexity index is 1260. The summed E-state index contributed by atoms with van der Waals surface area (Å²) in [6, 6.07) is 21.1. The molecule has 1 atom stereocenters. The second kappa shape index (κ2) is 11.3. The van der Waals surface area contributed by atoms with Crippen LogP contribution in [0.15, 0.2) is 84.2 Å². The maximum atomic E-state index is 13.3. The largest absolute Gasteiger partial charge is 0.367 e. The number of benzene rings is 2. The van der Waals surface area contributed by atoms with Crippen molar-refractivity contribution in [3.63, 3.8) is 0 Å². The summed E-state index contributed by atoms with van der Waals surface area (Å²) >= 11 is 0. The van der Waals surface area contributed by atoms with Crippen LogP contribution in [0.25, 0.3) is 0 Å². The van der Waals surface area contributed by atoms with Crippen LogP contribution in [0.2, 0.25) is 0 Å². The van der Waals surface area contributed by atoms with E-state index < -0.39 is 6.04 Å². The van der Waals surface area contributed by atoms with Crippen LogP contribution in [0, 0.1) is 0 Å². The molecule has 8 nitrogen and oxygen atoms in total. The Balaban J connectivity index is 1.23. The number of anilines is 3. The number of hydrogen-bond donors (Lipinski definition) is 1. The molecule has 2 aliphatic rings. The number of Topliss-reactive ketones (excluding diaryl/α,β-unsaturated/α-hetero) is 1. The lowest BCUT2D eigenvalue weighted by molar-refractivity contribution is -0.118. The van der Waals surface area contributed by atoms with E-state index in [-0.39, 0.29) is 18.1 Å². The highest BCUT2D eigenvalue weighted by Gasteiger charge is 2.34. The molecule has 0 aliphatic carbocycles. The highest BCUT2D eigenvalue weighted by Crippen LogP contribution is 2.29. The van der Waals surface area contributed by atoms with Crippen molar-refractivity contribution >= 4 is 34.5 Å². The van der Waals surface area contributed by atoms with Crippen molar-refractivity contribution < 1.29 is 9.59 Å². The van der Waals surface area contributed by atoms with Crippen molar-refractivity contribution in [3.8, 4) is 0 Å². The van der Waals surface area contributed by atoms with Gasteiger partial charge in [-0.2, -0.15) is 5.10 Å². The minimum Gasteiger partial charge on any atom is -0.367 e. The number of nitrogens with zero attached hydrogens (tertiary/aromatic N) is 5. The van der Waals surface area contributed by atoms with Gasteiger partial charge in [0.15, 0.2) is 5.78 Å². The summed E-state index contributed by atoms with van der Waals surface area (Å²) in [6.07, 6.45) is 4.98. The molecule has 8 heteroatoms. The first kappa shape index (κ1) is 24.6. The van der Waals surface area contributed by atoms with Gasteiger partial charge in [-0.1, -0.05) is 30.3 Å². The second-order valence-electron chi connectivity index (χ2n) is 9.46. The van der Waals surface area contributed by atoms with E-state index in [0.717, 1.165) is 56.2 Å². The maximum absolute atomic E-state index is 13.3. The second-order valence-corrected chi connectivity index (χ2v) is 9.46. The molecule has 2 aliphatic heterocycles. The fraction of sp³-hybridized carbons (Fsp3) is 0.310. The van der Waals surface area contributed by atoms with Gasteiger partial charge in [0.25, 0.3) is 5.91 Å². The molecule has 1 unspecified atom stereocenters. The third-order valence-corrected chi connectivity index (χ3v) is 6.99. The van der Waals surface area contributed by atoms with Crippen molar-refractivity contribution in [1.29, 1.82) is 0 Å². The van der Waals surface area contributed by atoms with Crippen molar-refractivity contribution in [2.75, 3.05) is 47.9 Å². The van der Waals surface area contributed by atoms with Gasteiger partial charge >= 0.3 is 0 Å². The Morgan fingerprint density at radius 1 is 0.919 bits per heavy atom. The fourth-order valence-corrected chi connectivity index (χ4v) is 4.88. The molecule has 0 bridgehead atoms. The van der Waals surface area contributed by atoms with E-state index in [1.54, 1.807) is 11.9 Å². The molecule has 1 fully saturated rings. The molecule has 190 valence electrons. The van der Waals surface area contributed by atoms with Gasteiger partial charge in [-0.15, -0.1) is 0 Å². The standard InChI is InChI=1S/C29H32N6O2/c1-22(36)28-21-26(32-35(28)24-7-3-2-4-8-24)29(37)31-25-9-5-6-10-27(25)34-19-17-33(18-20-34)16-13-23-11-14-30-15-12-23/h2-12,14-15,28H,13,16-21H2,1H3,(H,31,37). The number of rotatable bonds is 8. The van der Waals surface area contributed by atoms with Crippen LogP contribution in [0.1, 0.15) is 18.9 Å². The van der Waals surface area contributed by atoms with E-state index in [0.29, 0.717) is 5.71 Å². The first-order chi connectivity index (χ1) is 18.1. The molecule has 3 aromatic rings. The van der Waals surface area contributed by atoms with E-state index >= 15 is 0 Å². The van der Waals surface area contributed by atoms with E-state index in [2.05, 4.69) is 37.3 Å². The number of amides is 1. The van der Waals surface area contributed by atoms with Crippen molar-refractivity contribution in [2.24, 2.45) is 5.10 Å². The number of nitrogens with one attached hydrogen (secondary N) is 1. The molecule has 0 saturated carbocycles. The summed E-state index contributed by atoms with van der Waals surface area (Å²) in [5.41, 5.74) is 4.23. The molecule has 3 heterocycles. The average Bonchev–Trinajstić information content (AvgIpc) is 3.40. The first-order valence-electron chi connectivity index (χ1n) is 12.8. The first-order valence-corrected chi connectivity index (χ1v) is 12.8. The Kier molecular flexibility index (Phi) is 7.56. The average molecular weight is 497 g/mol. The number of carbonyl (C=O) groups is 2. The van der Waals surface area contributed by atoms with E-state index in [1.807, 2.05) is 67.0 Å². The third-order valence-electron chi connectivity index (χ3n) is 6.99. The Morgan fingerprint density at radius 2 is 1.62 bits per heavy atom. The molecular formula is C29H32N6O2. The Labute approximate surface area is 217 Å². The molecule has 5 rings (SSSR count). The van der Waals surface area contributed by atoms with Crippen molar-refractivity contribution in [1.82, 2.24) is 9.88 Å². The van der Waals surface area contributed by atoms with E-state index in [4.69, 9.17) is 0 Å². The number of ketones is 1. The fourth-order valence-electron chi connectivity index (χ4n) is 4.88. The Hall–Kier alpha value is -4.04. The summed E-state index contributed by atoms with van der Waals surface area (Å²) in [4.78, 5) is 34.5. The van der Waals surface area contributed by atoms with Gasteiger partial charge < -0.3 is 10.2 Å². The highest BCUT2D eigenvalue weighted by molar-refractivity contribution is 6.44. The number of piperazine rings is 1. The van der Waals surface area contributed by atoms with Crippen molar-refractivity contribution in [3.05, 3.63) is 84.7 Å². The number of para-hydroxylation sites is 3. The molecule has 1 aromatic heterocycles. The molecule has 0 radical (unpaired) electrons. The van der Waals surface area contributed by atoms with Crippen LogP contribution in [0.5, 0.6) is 0 Å². The van der Waals surface area contributed by atoms with Crippen molar-refractivity contribution in [2.45, 2.75) is 25.8 Å². The zero-order valence-electron chi connectivity index (χ0n) is 21.1. The molecular weight excluding hydrogens is 464 g/mol. The predicted molar refractivity (Wildman–Crippen MR) is 147 cm³/mol. The van der Waals surface area contributed by atoms with Crippen LogP contribution >= 0.6 is 0 Å². The van der Waals surface area contributed by atoms with E-state index in [9.17, 15) is 9.59 Å². The summed E-state index contributed by atoms with van der Waals surface area (Å²) in [6.45, 7) is 6.27. The predicted octanol–water partition coefficient (Wildman–Crippen LogP) is 3.61. The van der Waals surface area contributed by atoms with Gasteiger partial charge in [-0.25, -0.2) is 0 Å². The summed E-state index contributed by atoms with van der Waals surface area (Å²) in [5, 5.41) is 9.28. The van der Waals surface area contributed by atoms with Gasteiger partial charge in [0.2, 0.25) is 0 Å². The topological polar surface area (TPSA) is 81.1 Å².